The number of hydrogen-bond donors (Lipinski definition) is 0. The van der Waals surface area contributed by atoms with Crippen LogP contribution in [0, 0.1) is 11.6 Å². The zero-order valence-electron chi connectivity index (χ0n) is 5.38. The maximum atomic E-state index is 12.5. The fourth-order valence-corrected chi connectivity index (χ4v) is 0.623. The number of rotatable bonds is 2. The van der Waals surface area contributed by atoms with Crippen LogP contribution < -0.4 is 4.65 Å². The van der Waals surface area contributed by atoms with Crippen LogP contribution in [0.4, 0.5) is 8.78 Å². The van der Waals surface area contributed by atoms with E-state index in [4.69, 9.17) is 0 Å². The first-order valence-corrected chi connectivity index (χ1v) is 2.79. The van der Waals surface area contributed by atoms with Gasteiger partial charge < -0.3 is 0 Å². The normalized spacial score (nSPS) is 8.91. The third-order valence-electron chi connectivity index (χ3n) is 1.07. The minimum atomic E-state index is -0.892. The van der Waals surface area contributed by atoms with Crippen LogP contribution in [0.3, 0.4) is 0 Å². The SMILES string of the molecule is O=BOc1ccc(F)cc1F. The molecular formula is C6H3BF2O2. The summed E-state index contributed by atoms with van der Waals surface area (Å²) < 4.78 is 38.6. The average molecular weight is 156 g/mol. The van der Waals surface area contributed by atoms with Crippen molar-refractivity contribution in [2.45, 2.75) is 0 Å². The van der Waals surface area contributed by atoms with Crippen molar-refractivity contribution in [3.05, 3.63) is 29.8 Å². The van der Waals surface area contributed by atoms with Crippen molar-refractivity contribution in [1.82, 2.24) is 0 Å². The Bertz CT molecular complexity index is 277. The molecule has 0 aromatic heterocycles. The van der Waals surface area contributed by atoms with Gasteiger partial charge in [0.15, 0.2) is 0 Å². The molecule has 0 aliphatic rings. The molecule has 0 aliphatic heterocycles. The van der Waals surface area contributed by atoms with Crippen LogP contribution in [0.2, 0.25) is 0 Å². The molecule has 0 aliphatic carbocycles. The molecule has 5 heteroatoms. The molecule has 1 aromatic carbocycles. The fraction of sp³-hybridized carbons (Fsp3) is 0. The van der Waals surface area contributed by atoms with E-state index in [1.54, 1.807) is 0 Å². The van der Waals surface area contributed by atoms with Crippen LogP contribution in [0.25, 0.3) is 0 Å². The molecule has 0 saturated carbocycles. The van der Waals surface area contributed by atoms with Gasteiger partial charge in [0, 0.05) is 0 Å². The predicted octanol–water partition coefficient (Wildman–Crippen LogP) is 1.31. The first kappa shape index (κ1) is 7.85. The van der Waals surface area contributed by atoms with Gasteiger partial charge in [0.25, 0.3) is 0 Å². The molecule has 0 saturated heterocycles. The molecule has 0 N–H and O–H groups in total. The number of benzene rings is 1. The van der Waals surface area contributed by atoms with Gasteiger partial charge in [-0.3, -0.25) is 0 Å². The van der Waals surface area contributed by atoms with Gasteiger partial charge in [0.2, 0.25) is 0 Å². The van der Waals surface area contributed by atoms with Gasteiger partial charge in [0.05, 0.1) is 0 Å². The molecule has 0 spiro atoms. The Kier molecular flexibility index (Phi) is 2.30. The standard InChI is InChI=1S/C6H3BF2O2/c8-4-1-2-6(11-7-10)5(9)3-4/h1-3H. The minimum absolute atomic E-state index is 0.0797. The Morgan fingerprint density at radius 2 is 2.09 bits per heavy atom. The van der Waals surface area contributed by atoms with E-state index in [-0.39, 0.29) is 13.1 Å². The van der Waals surface area contributed by atoms with Crippen molar-refractivity contribution in [1.29, 1.82) is 0 Å². The van der Waals surface area contributed by atoms with E-state index < -0.39 is 11.6 Å². The van der Waals surface area contributed by atoms with E-state index in [1.165, 1.54) is 0 Å². The summed E-state index contributed by atoms with van der Waals surface area (Å²) in [5.74, 6) is -1.88. The van der Waals surface area contributed by atoms with Gasteiger partial charge in [-0.05, 0) is 0 Å². The van der Waals surface area contributed by atoms with Gasteiger partial charge in [-0.2, -0.15) is 0 Å². The summed E-state index contributed by atoms with van der Waals surface area (Å²) in [7, 11) is 0.0797. The van der Waals surface area contributed by atoms with E-state index in [9.17, 15) is 13.5 Å². The van der Waals surface area contributed by atoms with Crippen molar-refractivity contribution in [2.24, 2.45) is 0 Å². The van der Waals surface area contributed by atoms with Gasteiger partial charge in [-0.15, -0.1) is 0 Å². The molecule has 1 rings (SSSR count). The summed E-state index contributed by atoms with van der Waals surface area (Å²) in [6.07, 6.45) is 0. The summed E-state index contributed by atoms with van der Waals surface area (Å²) in [5.41, 5.74) is 0. The molecule has 0 unspecified atom stereocenters. The van der Waals surface area contributed by atoms with E-state index >= 15 is 0 Å². The van der Waals surface area contributed by atoms with E-state index in [2.05, 4.69) is 4.65 Å². The zero-order valence-corrected chi connectivity index (χ0v) is 5.38. The molecule has 11 heavy (non-hydrogen) atoms. The Balaban J connectivity index is 2.98. The third-order valence-corrected chi connectivity index (χ3v) is 1.07. The average Bonchev–Trinajstić information content (AvgIpc) is 1.95. The monoisotopic (exact) mass is 156 g/mol. The molecule has 0 radical (unpaired) electrons. The van der Waals surface area contributed by atoms with Gasteiger partial charge in [0.1, 0.15) is 0 Å². The Labute approximate surface area is 62.1 Å². The van der Waals surface area contributed by atoms with Crippen molar-refractivity contribution in [3.8, 4) is 5.75 Å². The van der Waals surface area contributed by atoms with Crippen LogP contribution in [-0.2, 0) is 4.70 Å². The first-order chi connectivity index (χ1) is 5.24. The molecule has 0 amide bonds. The van der Waals surface area contributed by atoms with Crippen LogP contribution >= 0.6 is 0 Å². The second-order valence-electron chi connectivity index (χ2n) is 1.79. The van der Waals surface area contributed by atoms with Crippen molar-refractivity contribution >= 4 is 7.35 Å². The molecular weight excluding hydrogens is 153 g/mol. The quantitative estimate of drug-likeness (QED) is 0.603. The van der Waals surface area contributed by atoms with Crippen LogP contribution in [0.5, 0.6) is 5.75 Å². The molecule has 56 valence electrons. The fourth-order valence-electron chi connectivity index (χ4n) is 0.623. The van der Waals surface area contributed by atoms with Crippen molar-refractivity contribution < 1.29 is 18.1 Å². The van der Waals surface area contributed by atoms with Crippen molar-refractivity contribution in [3.63, 3.8) is 0 Å². The van der Waals surface area contributed by atoms with Crippen molar-refractivity contribution in [2.75, 3.05) is 0 Å². The summed E-state index contributed by atoms with van der Waals surface area (Å²) in [5, 5.41) is 0. The van der Waals surface area contributed by atoms with E-state index in [0.29, 0.717) is 6.07 Å². The molecule has 2 nitrogen and oxygen atoms in total. The summed E-state index contributed by atoms with van der Waals surface area (Å²) in [6, 6.07) is 2.68. The summed E-state index contributed by atoms with van der Waals surface area (Å²) in [6.45, 7) is 0. The van der Waals surface area contributed by atoms with Crippen LogP contribution in [0.15, 0.2) is 18.2 Å². The molecule has 0 atom stereocenters. The predicted molar refractivity (Wildman–Crippen MR) is 33.4 cm³/mol. The van der Waals surface area contributed by atoms with Gasteiger partial charge in [-0.1, -0.05) is 0 Å². The number of halogens is 2. The molecule has 0 heterocycles. The van der Waals surface area contributed by atoms with Gasteiger partial charge >= 0.3 is 61.1 Å². The van der Waals surface area contributed by atoms with E-state index in [1.807, 2.05) is 0 Å². The van der Waals surface area contributed by atoms with Crippen LogP contribution in [0.1, 0.15) is 0 Å². The number of hydrogen-bond acceptors (Lipinski definition) is 2. The summed E-state index contributed by atoms with van der Waals surface area (Å²) >= 11 is 0. The van der Waals surface area contributed by atoms with Crippen LogP contribution in [-0.4, -0.2) is 7.35 Å². The maximum absolute atomic E-state index is 12.5. The topological polar surface area (TPSA) is 26.3 Å². The second-order valence-corrected chi connectivity index (χ2v) is 1.79. The Morgan fingerprint density at radius 1 is 1.36 bits per heavy atom. The molecule has 0 bridgehead atoms. The Hall–Kier alpha value is -1.26. The molecule has 0 fully saturated rings. The second kappa shape index (κ2) is 3.23. The first-order valence-electron chi connectivity index (χ1n) is 2.79. The Morgan fingerprint density at radius 3 is 2.64 bits per heavy atom. The van der Waals surface area contributed by atoms with Gasteiger partial charge in [-0.25, -0.2) is 0 Å². The third kappa shape index (κ3) is 1.83. The molecule has 1 aromatic rings. The summed E-state index contributed by atoms with van der Waals surface area (Å²) in [4.78, 5) is 0. The zero-order chi connectivity index (χ0) is 8.27. The van der Waals surface area contributed by atoms with E-state index in [0.717, 1.165) is 12.1 Å².